The van der Waals surface area contributed by atoms with Gasteiger partial charge in [-0.15, -0.1) is 0 Å². The summed E-state index contributed by atoms with van der Waals surface area (Å²) >= 11 is 6.41. The SMILES string of the molecule is C=C(O)C(F)(F)F.O=C1NCCc2[nH]c(-c3cc(-c4cnc5ccccc5c4)ncc3Cl)cc21. The Bertz CT molecular complexity index is 1400. The van der Waals surface area contributed by atoms with E-state index in [0.717, 1.165) is 45.5 Å². The van der Waals surface area contributed by atoms with Crippen LogP contribution in [0, 0.1) is 0 Å². The summed E-state index contributed by atoms with van der Waals surface area (Å²) in [5.41, 5.74) is 5.90. The fraction of sp³-hybridized carbons (Fsp3) is 0.125. The predicted molar refractivity (Wildman–Crippen MR) is 124 cm³/mol. The third kappa shape index (κ3) is 4.89. The van der Waals surface area contributed by atoms with E-state index in [4.69, 9.17) is 16.7 Å². The molecule has 4 aromatic rings. The molecular weight excluding hydrogens is 469 g/mol. The molecule has 1 aliphatic heterocycles. The number of fused-ring (bicyclic) bond motifs is 2. The lowest BCUT2D eigenvalue weighted by Crippen LogP contribution is -2.31. The van der Waals surface area contributed by atoms with E-state index in [0.29, 0.717) is 17.1 Å². The van der Waals surface area contributed by atoms with Gasteiger partial charge in [0, 0.05) is 53.3 Å². The summed E-state index contributed by atoms with van der Waals surface area (Å²) in [6, 6.07) is 13.8. The topological polar surface area (TPSA) is 90.9 Å². The van der Waals surface area contributed by atoms with Gasteiger partial charge < -0.3 is 15.4 Å². The highest BCUT2D eigenvalue weighted by Crippen LogP contribution is 2.33. The average molecular weight is 487 g/mol. The molecule has 0 spiro atoms. The molecule has 0 saturated carbocycles. The number of aliphatic hydroxyl groups is 1. The van der Waals surface area contributed by atoms with E-state index in [1.165, 1.54) is 0 Å². The Kier molecular flexibility index (Phi) is 6.30. The monoisotopic (exact) mass is 486 g/mol. The zero-order valence-corrected chi connectivity index (χ0v) is 18.3. The number of alkyl halides is 3. The molecule has 1 aliphatic rings. The largest absolute Gasteiger partial charge is 0.505 e. The number of aliphatic hydroxyl groups excluding tert-OH is 1. The highest BCUT2D eigenvalue weighted by Gasteiger charge is 2.31. The van der Waals surface area contributed by atoms with Crippen molar-refractivity contribution in [1.82, 2.24) is 20.3 Å². The summed E-state index contributed by atoms with van der Waals surface area (Å²) in [6.45, 7) is 2.90. The van der Waals surface area contributed by atoms with E-state index in [-0.39, 0.29) is 5.91 Å². The Hall–Kier alpha value is -3.85. The van der Waals surface area contributed by atoms with Gasteiger partial charge in [-0.25, -0.2) is 0 Å². The van der Waals surface area contributed by atoms with Gasteiger partial charge in [0.25, 0.3) is 5.91 Å². The molecule has 174 valence electrons. The molecule has 0 unspecified atom stereocenters. The number of nitrogens with zero attached hydrogens (tertiary/aromatic N) is 2. The second-order valence-electron chi connectivity index (χ2n) is 7.49. The number of pyridine rings is 2. The standard InChI is InChI=1S/C21H15ClN4O.C3H3F3O/c22-16-11-25-19(13-7-12-3-1-2-4-17(12)24-10-13)8-14(16)20-9-15-18(26-20)5-6-23-21(15)27;1-2(7)3(4,5)6/h1-4,7-11,26H,5-6H2,(H,23,27);7H,1H2. The molecule has 0 saturated heterocycles. The van der Waals surface area contributed by atoms with Crippen molar-refractivity contribution >= 4 is 28.4 Å². The quantitative estimate of drug-likeness (QED) is 0.310. The van der Waals surface area contributed by atoms with Crippen LogP contribution in [0.15, 0.2) is 67.2 Å². The molecule has 1 aromatic carbocycles. The van der Waals surface area contributed by atoms with Gasteiger partial charge in [-0.05, 0) is 24.3 Å². The Morgan fingerprint density at radius 1 is 1.09 bits per heavy atom. The summed E-state index contributed by atoms with van der Waals surface area (Å²) in [5.74, 6) is -1.81. The molecule has 1 amide bonds. The number of benzene rings is 1. The maximum absolute atomic E-state index is 12.0. The third-order valence-corrected chi connectivity index (χ3v) is 5.46. The molecule has 0 bridgehead atoms. The van der Waals surface area contributed by atoms with Crippen molar-refractivity contribution in [1.29, 1.82) is 0 Å². The van der Waals surface area contributed by atoms with Crippen LogP contribution in [-0.2, 0) is 6.42 Å². The number of carbonyl (C=O) groups excluding carboxylic acids is 1. The van der Waals surface area contributed by atoms with Crippen LogP contribution in [0.5, 0.6) is 0 Å². The molecule has 34 heavy (non-hydrogen) atoms. The molecular formula is C24H18ClF3N4O2. The second-order valence-corrected chi connectivity index (χ2v) is 7.90. The lowest BCUT2D eigenvalue weighted by molar-refractivity contribution is -0.119. The number of amides is 1. The number of aromatic nitrogens is 3. The predicted octanol–water partition coefficient (Wildman–Crippen LogP) is 5.85. The Labute approximate surface area is 197 Å². The summed E-state index contributed by atoms with van der Waals surface area (Å²) in [6.07, 6.45) is -0.401. The van der Waals surface area contributed by atoms with Gasteiger partial charge in [-0.1, -0.05) is 36.4 Å². The molecule has 10 heteroatoms. The van der Waals surface area contributed by atoms with Crippen molar-refractivity contribution in [3.63, 3.8) is 0 Å². The number of allylic oxidation sites excluding steroid dienone is 1. The molecule has 4 heterocycles. The zero-order chi connectivity index (χ0) is 24.5. The first-order chi connectivity index (χ1) is 16.1. The van der Waals surface area contributed by atoms with Crippen LogP contribution in [0.4, 0.5) is 13.2 Å². The summed E-state index contributed by atoms with van der Waals surface area (Å²) in [4.78, 5) is 24.4. The van der Waals surface area contributed by atoms with E-state index in [1.807, 2.05) is 42.6 Å². The van der Waals surface area contributed by atoms with Crippen molar-refractivity contribution in [2.24, 2.45) is 0 Å². The molecule has 0 atom stereocenters. The third-order valence-electron chi connectivity index (χ3n) is 5.16. The van der Waals surface area contributed by atoms with Crippen LogP contribution >= 0.6 is 11.6 Å². The fourth-order valence-corrected chi connectivity index (χ4v) is 3.66. The van der Waals surface area contributed by atoms with E-state index < -0.39 is 11.9 Å². The van der Waals surface area contributed by atoms with Crippen molar-refractivity contribution < 1.29 is 23.1 Å². The van der Waals surface area contributed by atoms with Gasteiger partial charge >= 0.3 is 6.18 Å². The van der Waals surface area contributed by atoms with E-state index >= 15 is 0 Å². The van der Waals surface area contributed by atoms with Crippen LogP contribution in [0.3, 0.4) is 0 Å². The highest BCUT2D eigenvalue weighted by atomic mass is 35.5. The van der Waals surface area contributed by atoms with Crippen LogP contribution < -0.4 is 5.32 Å². The smallest absolute Gasteiger partial charge is 0.448 e. The van der Waals surface area contributed by atoms with Gasteiger partial charge in [0.1, 0.15) is 0 Å². The second kappa shape index (κ2) is 9.18. The number of aromatic amines is 1. The van der Waals surface area contributed by atoms with Gasteiger partial charge in [0.2, 0.25) is 0 Å². The fourth-order valence-electron chi connectivity index (χ4n) is 3.45. The number of halogens is 4. The van der Waals surface area contributed by atoms with Crippen molar-refractivity contribution in [2.45, 2.75) is 12.6 Å². The molecule has 6 nitrogen and oxygen atoms in total. The minimum absolute atomic E-state index is 0.0529. The molecule has 0 fully saturated rings. The van der Waals surface area contributed by atoms with Crippen LogP contribution in [0.2, 0.25) is 5.02 Å². The summed E-state index contributed by atoms with van der Waals surface area (Å²) < 4.78 is 32.5. The molecule has 0 aliphatic carbocycles. The average Bonchev–Trinajstić information content (AvgIpc) is 3.24. The Morgan fingerprint density at radius 2 is 1.82 bits per heavy atom. The maximum Gasteiger partial charge on any atom is 0.448 e. The first kappa shape index (κ1) is 23.3. The molecule has 0 radical (unpaired) electrons. The Morgan fingerprint density at radius 3 is 2.53 bits per heavy atom. The van der Waals surface area contributed by atoms with Gasteiger partial charge in [-0.3, -0.25) is 14.8 Å². The number of H-pyrrole nitrogens is 1. The normalized spacial score (nSPS) is 13.0. The van der Waals surface area contributed by atoms with Crippen molar-refractivity contribution in [3.05, 3.63) is 83.5 Å². The van der Waals surface area contributed by atoms with Crippen LogP contribution in [0.25, 0.3) is 33.4 Å². The van der Waals surface area contributed by atoms with Gasteiger partial charge in [0.15, 0.2) is 5.76 Å². The van der Waals surface area contributed by atoms with Crippen molar-refractivity contribution in [2.75, 3.05) is 6.54 Å². The molecule has 3 aromatic heterocycles. The van der Waals surface area contributed by atoms with E-state index in [9.17, 15) is 18.0 Å². The van der Waals surface area contributed by atoms with Crippen LogP contribution in [0.1, 0.15) is 16.1 Å². The molecule has 3 N–H and O–H groups in total. The highest BCUT2D eigenvalue weighted by molar-refractivity contribution is 6.33. The Balaban J connectivity index is 0.000000344. The lowest BCUT2D eigenvalue weighted by atomic mass is 10.1. The number of rotatable bonds is 2. The number of para-hydroxylation sites is 1. The van der Waals surface area contributed by atoms with Gasteiger partial charge in [-0.2, -0.15) is 13.2 Å². The van der Waals surface area contributed by atoms with Gasteiger partial charge in [0.05, 0.1) is 21.8 Å². The van der Waals surface area contributed by atoms with Crippen LogP contribution in [-0.4, -0.2) is 38.7 Å². The minimum Gasteiger partial charge on any atom is -0.505 e. The van der Waals surface area contributed by atoms with Crippen molar-refractivity contribution in [3.8, 4) is 22.5 Å². The van der Waals surface area contributed by atoms with E-state index in [2.05, 4.69) is 32.9 Å². The number of hydrogen-bond donors (Lipinski definition) is 3. The number of carbonyl (C=O) groups is 1. The van der Waals surface area contributed by atoms with E-state index in [1.54, 1.807) is 6.20 Å². The summed E-state index contributed by atoms with van der Waals surface area (Å²) in [5, 5.41) is 12.0. The minimum atomic E-state index is -4.64. The maximum atomic E-state index is 12.0. The first-order valence-electron chi connectivity index (χ1n) is 10.1. The number of nitrogens with one attached hydrogen (secondary N) is 2. The molecule has 5 rings (SSSR count). The number of hydrogen-bond acceptors (Lipinski definition) is 4. The zero-order valence-electron chi connectivity index (χ0n) is 17.6. The summed E-state index contributed by atoms with van der Waals surface area (Å²) in [7, 11) is 0. The lowest BCUT2D eigenvalue weighted by Gasteiger charge is -2.11. The first-order valence-corrected chi connectivity index (χ1v) is 10.5.